The van der Waals surface area contributed by atoms with Crippen LogP contribution in [0, 0.1) is 5.82 Å². The van der Waals surface area contributed by atoms with Crippen LogP contribution in [0.15, 0.2) is 60.7 Å². The molecule has 3 aliphatic heterocycles. The van der Waals surface area contributed by atoms with E-state index in [1.165, 1.54) is 6.07 Å². The Labute approximate surface area is 253 Å². The number of benzene rings is 3. The molecule has 7 rings (SSSR count). The third kappa shape index (κ3) is 5.26. The lowest BCUT2D eigenvalue weighted by molar-refractivity contribution is -0.0591. The molecule has 1 aromatic heterocycles. The van der Waals surface area contributed by atoms with Crippen molar-refractivity contribution in [1.82, 2.24) is 14.5 Å². The van der Waals surface area contributed by atoms with Crippen LogP contribution in [0.25, 0.3) is 16.6 Å². The van der Waals surface area contributed by atoms with Gasteiger partial charge < -0.3 is 23.9 Å². The normalized spacial score (nSPS) is 21.8. The van der Waals surface area contributed by atoms with E-state index >= 15 is 0 Å². The van der Waals surface area contributed by atoms with Crippen LogP contribution >= 0.6 is 11.6 Å². The zero-order valence-corrected chi connectivity index (χ0v) is 24.4. The third-order valence-electron chi connectivity index (χ3n) is 8.57. The zero-order chi connectivity index (χ0) is 29.7. The molecule has 2 atom stereocenters. The number of nitrogens with zero attached hydrogens (tertiary/aromatic N) is 3. The Balaban J connectivity index is 1.13. The summed E-state index contributed by atoms with van der Waals surface area (Å²) < 4.78 is 35.3. The van der Waals surface area contributed by atoms with Crippen molar-refractivity contribution in [3.05, 3.63) is 94.0 Å². The van der Waals surface area contributed by atoms with Gasteiger partial charge in [-0.2, -0.15) is 0 Å². The van der Waals surface area contributed by atoms with Crippen LogP contribution in [0.4, 0.5) is 4.39 Å². The summed E-state index contributed by atoms with van der Waals surface area (Å²) in [6.45, 7) is 5.51. The van der Waals surface area contributed by atoms with Gasteiger partial charge in [0.2, 0.25) is 0 Å². The molecule has 3 aliphatic rings. The fourth-order valence-electron chi connectivity index (χ4n) is 6.07. The number of aromatic carboxylic acids is 1. The summed E-state index contributed by atoms with van der Waals surface area (Å²) in [6, 6.07) is 15.5. The third-order valence-corrected chi connectivity index (χ3v) is 8.80. The molecule has 1 N–H and O–H groups in total. The van der Waals surface area contributed by atoms with Gasteiger partial charge in [-0.15, -0.1) is 0 Å². The Morgan fingerprint density at radius 1 is 1.21 bits per heavy atom. The molecule has 10 heteroatoms. The average molecular weight is 604 g/mol. The van der Waals surface area contributed by atoms with Crippen LogP contribution in [0.3, 0.4) is 0 Å². The van der Waals surface area contributed by atoms with Crippen molar-refractivity contribution in [2.45, 2.75) is 44.6 Å². The van der Waals surface area contributed by atoms with Crippen LogP contribution in [0.5, 0.6) is 11.5 Å². The lowest BCUT2D eigenvalue weighted by Crippen LogP contribution is -2.40. The minimum absolute atomic E-state index is 0.107. The Hall–Kier alpha value is -3.92. The second-order valence-corrected chi connectivity index (χ2v) is 12.0. The topological polar surface area (TPSA) is 86.1 Å². The first-order chi connectivity index (χ1) is 20.8. The monoisotopic (exact) mass is 603 g/mol. The zero-order valence-electron chi connectivity index (χ0n) is 23.7. The van der Waals surface area contributed by atoms with E-state index in [1.54, 1.807) is 30.3 Å². The highest BCUT2D eigenvalue weighted by Crippen LogP contribution is 2.45. The molecule has 8 nitrogen and oxygen atoms in total. The summed E-state index contributed by atoms with van der Waals surface area (Å²) in [5, 5.41) is 9.87. The molecule has 0 amide bonds. The number of hydrogen-bond donors (Lipinski definition) is 1. The molecule has 3 aromatic carbocycles. The molecule has 0 radical (unpaired) electrons. The van der Waals surface area contributed by atoms with Gasteiger partial charge in [-0.3, -0.25) is 4.90 Å². The number of halogens is 2. The van der Waals surface area contributed by atoms with Gasteiger partial charge in [-0.1, -0.05) is 35.9 Å². The fourth-order valence-corrected chi connectivity index (χ4v) is 6.23. The van der Waals surface area contributed by atoms with Crippen molar-refractivity contribution >= 4 is 34.2 Å². The van der Waals surface area contributed by atoms with Crippen molar-refractivity contribution in [2.75, 3.05) is 26.3 Å². The predicted octanol–water partition coefficient (Wildman–Crippen LogP) is 6.29. The molecule has 222 valence electrons. The number of carboxylic acids is 1. The van der Waals surface area contributed by atoms with Crippen LogP contribution in [-0.2, 0) is 23.4 Å². The van der Waals surface area contributed by atoms with Gasteiger partial charge in [-0.25, -0.2) is 14.2 Å². The second-order valence-electron chi connectivity index (χ2n) is 11.5. The number of carbonyl (C=O) groups is 1. The van der Waals surface area contributed by atoms with E-state index in [2.05, 4.69) is 15.5 Å². The molecule has 1 fully saturated rings. The van der Waals surface area contributed by atoms with Gasteiger partial charge in [0.1, 0.15) is 18.2 Å². The van der Waals surface area contributed by atoms with Gasteiger partial charge in [-0.05, 0) is 61.7 Å². The molecule has 0 spiro atoms. The smallest absolute Gasteiger partial charge is 0.335 e. The highest BCUT2D eigenvalue weighted by Gasteiger charge is 2.39. The van der Waals surface area contributed by atoms with Crippen LogP contribution in [-0.4, -0.2) is 57.9 Å². The van der Waals surface area contributed by atoms with Crippen LogP contribution in [0.2, 0.25) is 5.02 Å². The fraction of sp³-hybridized carbons (Fsp3) is 0.333. The van der Waals surface area contributed by atoms with E-state index in [-0.39, 0.29) is 18.3 Å². The van der Waals surface area contributed by atoms with Crippen LogP contribution < -0.4 is 9.47 Å². The number of imidazole rings is 1. The molecule has 1 unspecified atom stereocenters. The van der Waals surface area contributed by atoms with E-state index in [0.717, 1.165) is 54.0 Å². The maximum atomic E-state index is 14.9. The van der Waals surface area contributed by atoms with Crippen molar-refractivity contribution in [1.29, 1.82) is 0 Å². The predicted molar refractivity (Wildman–Crippen MR) is 160 cm³/mol. The Morgan fingerprint density at radius 3 is 2.79 bits per heavy atom. The number of rotatable bonds is 7. The highest BCUT2D eigenvalue weighted by atomic mass is 35.5. The molecular formula is C33H31ClFN3O5. The minimum atomic E-state index is -1.01. The first-order valence-electron chi connectivity index (χ1n) is 14.4. The Bertz CT molecular complexity index is 1770. The van der Waals surface area contributed by atoms with Crippen LogP contribution in [0.1, 0.15) is 47.1 Å². The number of fused-ring (bicyclic) bond motifs is 2. The van der Waals surface area contributed by atoms with Crippen molar-refractivity contribution in [2.24, 2.45) is 0 Å². The summed E-state index contributed by atoms with van der Waals surface area (Å²) in [6.07, 6.45) is 4.06. The summed E-state index contributed by atoms with van der Waals surface area (Å²) in [5.74, 6) is 0.753. The van der Waals surface area contributed by atoms with Gasteiger partial charge in [0.05, 0.1) is 35.8 Å². The van der Waals surface area contributed by atoms with Gasteiger partial charge in [0.15, 0.2) is 17.1 Å². The molecule has 43 heavy (non-hydrogen) atoms. The second kappa shape index (κ2) is 11.0. The lowest BCUT2D eigenvalue weighted by Gasteiger charge is -2.37. The number of carboxylic acid groups (broad SMARTS) is 1. The number of aromatic nitrogens is 2. The Kier molecular flexibility index (Phi) is 7.12. The van der Waals surface area contributed by atoms with E-state index in [0.29, 0.717) is 41.7 Å². The van der Waals surface area contributed by atoms with E-state index < -0.39 is 17.4 Å². The molecule has 4 heterocycles. The summed E-state index contributed by atoms with van der Waals surface area (Å²) in [7, 11) is 0. The maximum absolute atomic E-state index is 14.9. The molecule has 4 aromatic rings. The number of ether oxygens (including phenoxy) is 3. The van der Waals surface area contributed by atoms with E-state index in [4.69, 9.17) is 30.8 Å². The summed E-state index contributed by atoms with van der Waals surface area (Å²) in [4.78, 5) is 18.8. The number of para-hydroxylation sites is 1. The quantitative estimate of drug-likeness (QED) is 0.266. The van der Waals surface area contributed by atoms with Gasteiger partial charge >= 0.3 is 5.97 Å². The minimum Gasteiger partial charge on any atom is -0.485 e. The molecule has 1 saturated heterocycles. The van der Waals surface area contributed by atoms with Gasteiger partial charge in [0, 0.05) is 35.8 Å². The van der Waals surface area contributed by atoms with Gasteiger partial charge in [0.25, 0.3) is 0 Å². The highest BCUT2D eigenvalue weighted by molar-refractivity contribution is 6.30. The molecule has 0 saturated carbocycles. The SMILES string of the molecule is CC1(c2ccc(Cl)cc2F)COc2cccc(C3=CCN(Cc4nc5ccc(C(=O)O)cc5n4C[C@@H]4CCO4)CC3)c2O1. The lowest BCUT2D eigenvalue weighted by atomic mass is 9.93. The Morgan fingerprint density at radius 2 is 2.07 bits per heavy atom. The van der Waals surface area contributed by atoms with Crippen molar-refractivity contribution in [3.63, 3.8) is 0 Å². The summed E-state index contributed by atoms with van der Waals surface area (Å²) in [5.41, 5.74) is 3.29. The molecular weight excluding hydrogens is 573 g/mol. The summed E-state index contributed by atoms with van der Waals surface area (Å²) >= 11 is 5.99. The van der Waals surface area contributed by atoms with E-state index in [1.807, 2.05) is 25.1 Å². The molecule has 0 bridgehead atoms. The number of hydrogen-bond acceptors (Lipinski definition) is 6. The molecule has 0 aliphatic carbocycles. The van der Waals surface area contributed by atoms with Crippen molar-refractivity contribution in [3.8, 4) is 11.5 Å². The first kappa shape index (κ1) is 27.9. The van der Waals surface area contributed by atoms with E-state index in [9.17, 15) is 14.3 Å². The first-order valence-corrected chi connectivity index (χ1v) is 14.8. The largest absolute Gasteiger partial charge is 0.485 e. The standard InChI is InChI=1S/C33H31ClFN3O5/c1-33(25-7-6-22(34)16-26(25)35)19-42-29-4-2-3-24(31(29)43-33)20-9-12-37(13-10-20)18-30-36-27-8-5-21(32(39)40)15-28(27)38(30)17-23-11-14-41-23/h2-9,15-16,23H,10-14,17-19H2,1H3,(H,39,40)/t23-,33?/m0/s1. The van der Waals surface area contributed by atoms with Crippen molar-refractivity contribution < 1.29 is 28.5 Å². The average Bonchev–Trinajstić information content (AvgIpc) is 3.30. The maximum Gasteiger partial charge on any atom is 0.335 e.